The first-order valence-corrected chi connectivity index (χ1v) is 6.14. The molecule has 0 heterocycles. The highest BCUT2D eigenvalue weighted by molar-refractivity contribution is 5.89. The number of rotatable bonds is 2. The topological polar surface area (TPSA) is 104 Å². The lowest BCUT2D eigenvalue weighted by Gasteiger charge is -2.29. The van der Waals surface area contributed by atoms with Crippen molar-refractivity contribution in [2.24, 2.45) is 0 Å². The van der Waals surface area contributed by atoms with Crippen LogP contribution in [0.25, 0.3) is 0 Å². The maximum absolute atomic E-state index is 6.12. The Morgan fingerprint density at radius 2 is 1.37 bits per heavy atom. The molecule has 0 radical (unpaired) electrons. The van der Waals surface area contributed by atoms with E-state index in [4.69, 9.17) is 22.9 Å². The lowest BCUT2D eigenvalue weighted by molar-refractivity contribution is 0.644. The van der Waals surface area contributed by atoms with E-state index in [1.807, 2.05) is 24.3 Å². The van der Waals surface area contributed by atoms with Crippen LogP contribution in [0.2, 0.25) is 0 Å². The second kappa shape index (κ2) is 4.39. The van der Waals surface area contributed by atoms with Crippen LogP contribution in [0.5, 0.6) is 0 Å². The molecule has 4 heteroatoms. The van der Waals surface area contributed by atoms with E-state index in [0.717, 1.165) is 11.1 Å². The van der Waals surface area contributed by atoms with Crippen LogP contribution in [-0.4, -0.2) is 0 Å². The third kappa shape index (κ3) is 2.05. The van der Waals surface area contributed by atoms with Gasteiger partial charge in [-0.15, -0.1) is 0 Å². The van der Waals surface area contributed by atoms with Crippen molar-refractivity contribution in [3.05, 3.63) is 47.5 Å². The molecule has 0 unspecified atom stereocenters. The second-order valence-electron chi connectivity index (χ2n) is 5.25. The number of nitrogen functional groups attached to an aromatic ring is 4. The Kier molecular flexibility index (Phi) is 3.02. The first-order chi connectivity index (χ1) is 8.85. The van der Waals surface area contributed by atoms with E-state index in [0.29, 0.717) is 22.7 Å². The van der Waals surface area contributed by atoms with Gasteiger partial charge in [0.1, 0.15) is 0 Å². The first-order valence-electron chi connectivity index (χ1n) is 6.14. The molecular weight excluding hydrogens is 236 g/mol. The summed E-state index contributed by atoms with van der Waals surface area (Å²) in [7, 11) is 0. The Hall–Kier alpha value is -2.36. The summed E-state index contributed by atoms with van der Waals surface area (Å²) in [5, 5.41) is 0. The van der Waals surface area contributed by atoms with Gasteiger partial charge in [-0.05, 0) is 17.2 Å². The maximum atomic E-state index is 6.12. The minimum Gasteiger partial charge on any atom is -0.397 e. The van der Waals surface area contributed by atoms with Gasteiger partial charge in [0.15, 0.2) is 0 Å². The summed E-state index contributed by atoms with van der Waals surface area (Å²) < 4.78 is 0. The fourth-order valence-electron chi connectivity index (χ4n) is 2.28. The summed E-state index contributed by atoms with van der Waals surface area (Å²) in [6.45, 7) is 4.17. The first kappa shape index (κ1) is 13.1. The molecule has 100 valence electrons. The molecule has 2 aromatic rings. The van der Waals surface area contributed by atoms with Gasteiger partial charge in [0.25, 0.3) is 0 Å². The smallest absolute Gasteiger partial charge is 0.0805 e. The molecule has 0 fully saturated rings. The Morgan fingerprint density at radius 1 is 0.789 bits per heavy atom. The van der Waals surface area contributed by atoms with Gasteiger partial charge >= 0.3 is 0 Å². The molecule has 0 saturated heterocycles. The minimum absolute atomic E-state index is 0.290. The van der Waals surface area contributed by atoms with Crippen molar-refractivity contribution in [1.82, 2.24) is 0 Å². The summed E-state index contributed by atoms with van der Waals surface area (Å²) in [6.07, 6.45) is 0. The van der Waals surface area contributed by atoms with Crippen molar-refractivity contribution in [3.63, 3.8) is 0 Å². The van der Waals surface area contributed by atoms with Gasteiger partial charge in [-0.1, -0.05) is 44.2 Å². The molecule has 4 nitrogen and oxygen atoms in total. The van der Waals surface area contributed by atoms with Crippen molar-refractivity contribution in [2.75, 3.05) is 22.9 Å². The molecule has 0 aliphatic carbocycles. The molecule has 0 aromatic heterocycles. The number of hydrogen-bond donors (Lipinski definition) is 4. The highest BCUT2D eigenvalue weighted by atomic mass is 14.8. The van der Waals surface area contributed by atoms with E-state index in [1.54, 1.807) is 0 Å². The summed E-state index contributed by atoms with van der Waals surface area (Å²) in [5.74, 6) is 0. The lowest BCUT2D eigenvalue weighted by Crippen LogP contribution is -2.22. The Balaban J connectivity index is 2.65. The van der Waals surface area contributed by atoms with Crippen LogP contribution in [0.4, 0.5) is 22.7 Å². The Labute approximate surface area is 113 Å². The number of benzene rings is 2. The predicted molar refractivity (Wildman–Crippen MR) is 82.7 cm³/mol. The van der Waals surface area contributed by atoms with Gasteiger partial charge in [-0.3, -0.25) is 0 Å². The van der Waals surface area contributed by atoms with E-state index in [-0.39, 0.29) is 5.41 Å². The number of anilines is 4. The Bertz CT molecular complexity index is 603. The standard InChI is InChI=1S/C15H20N4/c1-15(2,9-6-4-3-5-7-9)10-8-11(16)13(18)14(19)12(10)17/h3-8H,16-19H2,1-2H3. The molecule has 0 amide bonds. The molecule has 0 aliphatic heterocycles. The van der Waals surface area contributed by atoms with Crippen LogP contribution in [-0.2, 0) is 5.41 Å². The molecule has 8 N–H and O–H groups in total. The van der Waals surface area contributed by atoms with Crippen molar-refractivity contribution >= 4 is 22.7 Å². The van der Waals surface area contributed by atoms with Crippen molar-refractivity contribution in [3.8, 4) is 0 Å². The van der Waals surface area contributed by atoms with Gasteiger partial charge < -0.3 is 22.9 Å². The summed E-state index contributed by atoms with van der Waals surface area (Å²) in [4.78, 5) is 0. The van der Waals surface area contributed by atoms with E-state index in [9.17, 15) is 0 Å². The van der Waals surface area contributed by atoms with Crippen molar-refractivity contribution < 1.29 is 0 Å². The van der Waals surface area contributed by atoms with Crippen LogP contribution in [0.15, 0.2) is 36.4 Å². The van der Waals surface area contributed by atoms with Crippen LogP contribution < -0.4 is 22.9 Å². The molecule has 0 saturated carbocycles. The highest BCUT2D eigenvalue weighted by Crippen LogP contribution is 2.41. The van der Waals surface area contributed by atoms with Gasteiger partial charge in [0.2, 0.25) is 0 Å². The molecule has 19 heavy (non-hydrogen) atoms. The third-order valence-corrected chi connectivity index (χ3v) is 3.65. The molecule has 0 bridgehead atoms. The van der Waals surface area contributed by atoms with Crippen LogP contribution in [0.3, 0.4) is 0 Å². The van der Waals surface area contributed by atoms with Gasteiger partial charge in [0, 0.05) is 5.41 Å². The summed E-state index contributed by atoms with van der Waals surface area (Å²) in [5.41, 5.74) is 27.2. The van der Waals surface area contributed by atoms with E-state index < -0.39 is 0 Å². The maximum Gasteiger partial charge on any atom is 0.0805 e. The van der Waals surface area contributed by atoms with E-state index >= 15 is 0 Å². The SMILES string of the molecule is CC(C)(c1ccccc1)c1cc(N)c(N)c(N)c1N. The quantitative estimate of drug-likeness (QED) is 0.619. The van der Waals surface area contributed by atoms with Gasteiger partial charge in [-0.25, -0.2) is 0 Å². The van der Waals surface area contributed by atoms with Crippen LogP contribution >= 0.6 is 0 Å². The van der Waals surface area contributed by atoms with Gasteiger partial charge in [-0.2, -0.15) is 0 Å². The normalized spacial score (nSPS) is 11.5. The molecule has 0 atom stereocenters. The average molecular weight is 256 g/mol. The van der Waals surface area contributed by atoms with E-state index in [1.165, 1.54) is 0 Å². The molecule has 0 spiro atoms. The minimum atomic E-state index is -0.290. The number of hydrogen-bond acceptors (Lipinski definition) is 4. The molecular formula is C15H20N4. The molecule has 2 aromatic carbocycles. The largest absolute Gasteiger partial charge is 0.397 e. The highest BCUT2D eigenvalue weighted by Gasteiger charge is 2.27. The zero-order valence-corrected chi connectivity index (χ0v) is 11.3. The third-order valence-electron chi connectivity index (χ3n) is 3.65. The van der Waals surface area contributed by atoms with Gasteiger partial charge in [0.05, 0.1) is 22.7 Å². The van der Waals surface area contributed by atoms with E-state index in [2.05, 4.69) is 26.0 Å². The molecule has 0 aliphatic rings. The monoisotopic (exact) mass is 256 g/mol. The number of nitrogens with two attached hydrogens (primary N) is 4. The zero-order chi connectivity index (χ0) is 14.2. The van der Waals surface area contributed by atoms with Crippen molar-refractivity contribution in [1.29, 1.82) is 0 Å². The Morgan fingerprint density at radius 3 is 1.95 bits per heavy atom. The predicted octanol–water partition coefficient (Wildman–Crippen LogP) is 2.34. The average Bonchev–Trinajstić information content (AvgIpc) is 2.41. The zero-order valence-electron chi connectivity index (χ0n) is 11.3. The fourth-order valence-corrected chi connectivity index (χ4v) is 2.28. The van der Waals surface area contributed by atoms with Crippen molar-refractivity contribution in [2.45, 2.75) is 19.3 Å². The van der Waals surface area contributed by atoms with Crippen LogP contribution in [0, 0.1) is 0 Å². The second-order valence-corrected chi connectivity index (χ2v) is 5.25. The summed E-state index contributed by atoms with van der Waals surface area (Å²) in [6, 6.07) is 11.9. The fraction of sp³-hybridized carbons (Fsp3) is 0.200. The summed E-state index contributed by atoms with van der Waals surface area (Å²) >= 11 is 0. The molecule has 2 rings (SSSR count). The lowest BCUT2D eigenvalue weighted by atomic mass is 9.77. The van der Waals surface area contributed by atoms with Crippen LogP contribution in [0.1, 0.15) is 25.0 Å².